The molecule has 0 bridgehead atoms. The van der Waals surface area contributed by atoms with Crippen molar-refractivity contribution in [3.63, 3.8) is 0 Å². The van der Waals surface area contributed by atoms with Gasteiger partial charge in [-0.2, -0.15) is 0 Å². The molecule has 7 heteroatoms. The molecule has 0 aliphatic heterocycles. The Morgan fingerprint density at radius 2 is 1.74 bits per heavy atom. The highest BCUT2D eigenvalue weighted by Gasteiger charge is 2.44. The molecule has 5 nitrogen and oxygen atoms in total. The van der Waals surface area contributed by atoms with E-state index in [2.05, 4.69) is 66.8 Å². The van der Waals surface area contributed by atoms with E-state index in [1.165, 1.54) is 23.3 Å². The summed E-state index contributed by atoms with van der Waals surface area (Å²) in [7, 11) is 2.07. The molecule has 0 heterocycles. The number of unbranched alkanes of at least 4 members (excludes halogenated alkanes) is 1. The Morgan fingerprint density at radius 3 is 2.40 bits per heavy atom. The van der Waals surface area contributed by atoms with Crippen LogP contribution in [0.5, 0.6) is 0 Å². The molecule has 0 saturated heterocycles. The van der Waals surface area contributed by atoms with Crippen LogP contribution in [-0.2, 0) is 24.9 Å². The predicted molar refractivity (Wildman–Crippen MR) is 164 cm³/mol. The van der Waals surface area contributed by atoms with Crippen LogP contribution in [0.25, 0.3) is 0 Å². The summed E-state index contributed by atoms with van der Waals surface area (Å²) < 4.78 is 28.1. The van der Waals surface area contributed by atoms with Gasteiger partial charge in [-0.3, -0.25) is 4.79 Å². The molecule has 1 amide bonds. The second-order valence-electron chi connectivity index (χ2n) is 11.9. The lowest BCUT2D eigenvalue weighted by atomic mass is 9.97. The molecule has 0 spiro atoms. The van der Waals surface area contributed by atoms with Crippen molar-refractivity contribution in [2.75, 3.05) is 20.1 Å². The summed E-state index contributed by atoms with van der Waals surface area (Å²) in [5.41, 5.74) is 5.12. The molecule has 0 radical (unpaired) electrons. The van der Waals surface area contributed by atoms with E-state index in [0.29, 0.717) is 11.1 Å². The molecule has 226 valence electrons. The topological polar surface area (TPSA) is 64.6 Å². The first-order valence-electron chi connectivity index (χ1n) is 15.2. The van der Waals surface area contributed by atoms with Crippen LogP contribution in [-0.4, -0.2) is 48.2 Å². The number of aliphatic hydroxyl groups is 1. The maximum Gasteiger partial charge on any atom is 0.251 e. The summed E-state index contributed by atoms with van der Waals surface area (Å²) in [6.45, 7) is 8.17. The second-order valence-corrected chi connectivity index (χ2v) is 11.9. The van der Waals surface area contributed by atoms with Crippen molar-refractivity contribution in [3.8, 4) is 0 Å². The molecule has 2 unspecified atom stereocenters. The van der Waals surface area contributed by atoms with Gasteiger partial charge < -0.3 is 20.6 Å². The first kappa shape index (κ1) is 31.8. The third-order valence-electron chi connectivity index (χ3n) is 8.19. The number of halogens is 2. The smallest absolute Gasteiger partial charge is 0.251 e. The van der Waals surface area contributed by atoms with Gasteiger partial charge in [0.05, 0.1) is 12.1 Å². The Bertz CT molecular complexity index is 1340. The number of nitrogens with zero attached hydrogens (tertiary/aromatic N) is 1. The van der Waals surface area contributed by atoms with E-state index in [9.17, 15) is 18.7 Å². The first-order valence-corrected chi connectivity index (χ1v) is 15.2. The number of rotatable bonds is 15. The number of nitrogens with one attached hydrogen (secondary N) is 2. The number of carbonyl (C=O) groups excluding carboxylic acids is 1. The van der Waals surface area contributed by atoms with Gasteiger partial charge in [0.2, 0.25) is 0 Å². The number of benzene rings is 3. The quantitative estimate of drug-likeness (QED) is 0.206. The lowest BCUT2D eigenvalue weighted by Gasteiger charge is -2.28. The molecule has 3 aromatic carbocycles. The van der Waals surface area contributed by atoms with Crippen LogP contribution in [0.4, 0.5) is 8.78 Å². The van der Waals surface area contributed by atoms with Gasteiger partial charge >= 0.3 is 0 Å². The molecule has 3 N–H and O–H groups in total. The van der Waals surface area contributed by atoms with Crippen LogP contribution in [0.2, 0.25) is 0 Å². The molecule has 1 aliphatic rings. The Morgan fingerprint density at radius 1 is 1.00 bits per heavy atom. The third-order valence-corrected chi connectivity index (χ3v) is 8.19. The van der Waals surface area contributed by atoms with E-state index in [4.69, 9.17) is 0 Å². The van der Waals surface area contributed by atoms with Crippen LogP contribution in [0.1, 0.15) is 77.7 Å². The van der Waals surface area contributed by atoms with Gasteiger partial charge in [0.1, 0.15) is 11.6 Å². The molecule has 1 fully saturated rings. The van der Waals surface area contributed by atoms with Gasteiger partial charge in [0.15, 0.2) is 0 Å². The van der Waals surface area contributed by atoms with Gasteiger partial charge in [-0.05, 0) is 99.1 Å². The lowest BCUT2D eigenvalue weighted by molar-refractivity contribution is 0.0821. The number of amides is 1. The fourth-order valence-electron chi connectivity index (χ4n) is 5.64. The zero-order valence-electron chi connectivity index (χ0n) is 25.4. The molecular formula is C35H45F2N3O2. The van der Waals surface area contributed by atoms with E-state index in [1.54, 1.807) is 0 Å². The average molecular weight is 578 g/mol. The minimum Gasteiger partial charge on any atom is -0.390 e. The van der Waals surface area contributed by atoms with Gasteiger partial charge in [-0.25, -0.2) is 8.78 Å². The lowest BCUT2D eigenvalue weighted by Crippen LogP contribution is -2.50. The van der Waals surface area contributed by atoms with Crippen molar-refractivity contribution in [2.45, 2.75) is 83.5 Å². The van der Waals surface area contributed by atoms with Crippen molar-refractivity contribution >= 4 is 5.91 Å². The summed E-state index contributed by atoms with van der Waals surface area (Å²) in [6, 6.07) is 16.8. The maximum atomic E-state index is 14.0. The van der Waals surface area contributed by atoms with Crippen molar-refractivity contribution in [1.82, 2.24) is 15.5 Å². The van der Waals surface area contributed by atoms with Crippen LogP contribution >= 0.6 is 0 Å². The zero-order valence-corrected chi connectivity index (χ0v) is 25.4. The normalized spacial score (nSPS) is 15.4. The van der Waals surface area contributed by atoms with E-state index >= 15 is 0 Å². The van der Waals surface area contributed by atoms with E-state index in [1.807, 2.05) is 19.1 Å². The summed E-state index contributed by atoms with van der Waals surface area (Å²) in [6.07, 6.45) is 4.17. The molecular weight excluding hydrogens is 532 g/mol. The average Bonchev–Trinajstić information content (AvgIpc) is 3.75. The summed E-state index contributed by atoms with van der Waals surface area (Å²) >= 11 is 0. The highest BCUT2D eigenvalue weighted by molar-refractivity contribution is 5.94. The SMILES string of the molecule is CCCCN(C)Cc1cc(C)cc(C(=O)NC(Cc2cc(F)cc(F)c2)C(O)CNC2(c3cccc(CC)c3)CC2)c1. The van der Waals surface area contributed by atoms with Gasteiger partial charge in [-0.15, -0.1) is 0 Å². The summed E-state index contributed by atoms with van der Waals surface area (Å²) in [4.78, 5) is 15.8. The second kappa shape index (κ2) is 14.4. The highest BCUT2D eigenvalue weighted by Crippen LogP contribution is 2.45. The Balaban J connectivity index is 1.51. The van der Waals surface area contributed by atoms with Gasteiger partial charge in [0, 0.05) is 30.3 Å². The van der Waals surface area contributed by atoms with Gasteiger partial charge in [0.25, 0.3) is 5.91 Å². The van der Waals surface area contributed by atoms with Crippen molar-refractivity contribution < 1.29 is 18.7 Å². The Kier molecular flexibility index (Phi) is 10.9. The maximum absolute atomic E-state index is 14.0. The minimum atomic E-state index is -0.989. The minimum absolute atomic E-state index is 0.0833. The highest BCUT2D eigenvalue weighted by atomic mass is 19.1. The van der Waals surface area contributed by atoms with Crippen molar-refractivity contribution in [2.24, 2.45) is 0 Å². The molecule has 2 atom stereocenters. The fourth-order valence-corrected chi connectivity index (χ4v) is 5.64. The Hall–Kier alpha value is -3.13. The fraction of sp³-hybridized carbons (Fsp3) is 0.457. The van der Waals surface area contributed by atoms with Crippen LogP contribution in [0.15, 0.2) is 60.7 Å². The molecule has 4 rings (SSSR count). The number of aryl methyl sites for hydroxylation is 2. The van der Waals surface area contributed by atoms with Gasteiger partial charge in [-0.1, -0.05) is 56.2 Å². The van der Waals surface area contributed by atoms with Crippen LogP contribution in [0.3, 0.4) is 0 Å². The molecule has 42 heavy (non-hydrogen) atoms. The summed E-state index contributed by atoms with van der Waals surface area (Å²) in [5, 5.41) is 17.9. The van der Waals surface area contributed by atoms with E-state index in [-0.39, 0.29) is 24.4 Å². The summed E-state index contributed by atoms with van der Waals surface area (Å²) in [5.74, 6) is -1.70. The van der Waals surface area contributed by atoms with Crippen LogP contribution < -0.4 is 10.6 Å². The van der Waals surface area contributed by atoms with Crippen molar-refractivity contribution in [3.05, 3.63) is 106 Å². The molecule has 1 saturated carbocycles. The monoisotopic (exact) mass is 577 g/mol. The van der Waals surface area contributed by atoms with Crippen molar-refractivity contribution in [1.29, 1.82) is 0 Å². The largest absolute Gasteiger partial charge is 0.390 e. The molecule has 3 aromatic rings. The predicted octanol–water partition coefficient (Wildman–Crippen LogP) is 6.05. The van der Waals surface area contributed by atoms with Crippen LogP contribution in [0, 0.1) is 18.6 Å². The van der Waals surface area contributed by atoms with E-state index in [0.717, 1.165) is 62.4 Å². The standard InChI is InChI=1S/C35H45F2N3O2/c1-5-7-13-40(4)23-27-14-24(3)15-28(16-27)34(42)39-32(20-26-18-30(36)21-31(37)19-26)33(41)22-38-35(11-12-35)29-10-8-9-25(6-2)17-29/h8-10,14-19,21,32-33,38,41H,5-7,11-13,20,22-23H2,1-4H3,(H,39,42). The number of hydrogen-bond donors (Lipinski definition) is 3. The Labute approximate surface area is 249 Å². The molecule has 0 aromatic heterocycles. The number of carbonyl (C=O) groups is 1. The molecule has 1 aliphatic carbocycles. The number of aliphatic hydroxyl groups excluding tert-OH is 1. The zero-order chi connectivity index (χ0) is 30.3. The third kappa shape index (κ3) is 8.69. The van der Waals surface area contributed by atoms with E-state index < -0.39 is 23.8 Å². The number of hydrogen-bond acceptors (Lipinski definition) is 4. The first-order chi connectivity index (χ1) is 20.1.